The summed E-state index contributed by atoms with van der Waals surface area (Å²) in [7, 11) is -3.68. The van der Waals surface area contributed by atoms with Crippen LogP contribution in [0.2, 0.25) is 0 Å². The van der Waals surface area contributed by atoms with Gasteiger partial charge in [-0.15, -0.1) is 0 Å². The number of hydrogen-bond donors (Lipinski definition) is 1. The minimum absolute atomic E-state index is 0.0973. The van der Waals surface area contributed by atoms with Gasteiger partial charge in [-0.2, -0.15) is 4.31 Å². The Balaban J connectivity index is 1.77. The van der Waals surface area contributed by atoms with Crippen LogP contribution >= 0.6 is 0 Å². The summed E-state index contributed by atoms with van der Waals surface area (Å²) in [6.07, 6.45) is 5.04. The third kappa shape index (κ3) is 4.94. The predicted octanol–water partition coefficient (Wildman–Crippen LogP) is 3.42. The average Bonchev–Trinajstić information content (AvgIpc) is 3.22. The summed E-state index contributed by atoms with van der Waals surface area (Å²) in [5.41, 5.74) is 0.434. The van der Waals surface area contributed by atoms with Crippen molar-refractivity contribution in [2.75, 3.05) is 25.0 Å². The molecule has 2 aromatic rings. The highest BCUT2D eigenvalue weighted by Crippen LogP contribution is 2.31. The van der Waals surface area contributed by atoms with Crippen molar-refractivity contribution in [1.82, 2.24) is 4.31 Å². The molecule has 1 aliphatic heterocycles. The molecule has 152 valence electrons. The largest absolute Gasteiger partial charge is 0.492 e. The molecular weight excluding hydrogens is 380 g/mol. The molecule has 2 heterocycles. The zero-order chi connectivity index (χ0) is 20.0. The van der Waals surface area contributed by atoms with Crippen LogP contribution in [0.5, 0.6) is 5.75 Å². The van der Waals surface area contributed by atoms with Crippen LogP contribution in [0.1, 0.15) is 38.4 Å². The van der Waals surface area contributed by atoms with Crippen LogP contribution in [0.4, 0.5) is 5.69 Å². The van der Waals surface area contributed by atoms with E-state index in [0.717, 1.165) is 25.0 Å². The number of hydrogen-bond acceptors (Lipinski definition) is 5. The first-order valence-electron chi connectivity index (χ1n) is 9.60. The van der Waals surface area contributed by atoms with E-state index in [9.17, 15) is 13.2 Å². The molecule has 1 amide bonds. The van der Waals surface area contributed by atoms with Crippen LogP contribution in [0.3, 0.4) is 0 Å². The highest BCUT2D eigenvalue weighted by atomic mass is 32.2. The fourth-order valence-electron chi connectivity index (χ4n) is 3.22. The number of aryl methyl sites for hydroxylation is 1. The molecule has 0 aliphatic carbocycles. The lowest BCUT2D eigenvalue weighted by atomic mass is 10.2. The molecule has 28 heavy (non-hydrogen) atoms. The van der Waals surface area contributed by atoms with Crippen LogP contribution < -0.4 is 10.1 Å². The molecule has 1 saturated heterocycles. The lowest BCUT2D eigenvalue weighted by Gasteiger charge is -2.27. The summed E-state index contributed by atoms with van der Waals surface area (Å²) in [4.78, 5) is 12.3. The maximum absolute atomic E-state index is 13.1. The maximum atomic E-state index is 13.1. The van der Waals surface area contributed by atoms with E-state index in [1.807, 2.05) is 13.0 Å². The van der Waals surface area contributed by atoms with Crippen molar-refractivity contribution in [3.8, 4) is 5.75 Å². The van der Waals surface area contributed by atoms with Crippen LogP contribution in [0, 0.1) is 0 Å². The molecule has 8 heteroatoms. The van der Waals surface area contributed by atoms with Gasteiger partial charge in [-0.3, -0.25) is 4.79 Å². The van der Waals surface area contributed by atoms with Crippen molar-refractivity contribution >= 4 is 21.6 Å². The van der Waals surface area contributed by atoms with E-state index in [1.165, 1.54) is 10.4 Å². The first-order chi connectivity index (χ1) is 13.5. The smallest absolute Gasteiger partial charge is 0.246 e. The highest BCUT2D eigenvalue weighted by molar-refractivity contribution is 7.89. The first-order valence-corrected chi connectivity index (χ1v) is 11.0. The molecule has 1 aromatic carbocycles. The van der Waals surface area contributed by atoms with Gasteiger partial charge in [0, 0.05) is 31.6 Å². The Bertz CT molecular complexity index is 887. The number of amides is 1. The predicted molar refractivity (Wildman–Crippen MR) is 106 cm³/mol. The lowest BCUT2D eigenvalue weighted by Crippen LogP contribution is -2.35. The molecule has 0 bridgehead atoms. The van der Waals surface area contributed by atoms with Crippen molar-refractivity contribution in [2.45, 2.75) is 43.9 Å². The summed E-state index contributed by atoms with van der Waals surface area (Å²) in [6.45, 7) is 3.18. The van der Waals surface area contributed by atoms with E-state index in [0.29, 0.717) is 37.6 Å². The fourth-order valence-corrected chi connectivity index (χ4v) is 4.90. The molecular formula is C20H26N2O5S. The normalized spacial score (nSPS) is 15.3. The second-order valence-corrected chi connectivity index (χ2v) is 8.59. The number of furan rings is 1. The van der Waals surface area contributed by atoms with Gasteiger partial charge in [0.2, 0.25) is 15.9 Å². The number of nitrogens with zero attached hydrogens (tertiary/aromatic N) is 1. The van der Waals surface area contributed by atoms with E-state index in [1.54, 1.807) is 24.5 Å². The van der Waals surface area contributed by atoms with Gasteiger partial charge in [0.15, 0.2) is 0 Å². The van der Waals surface area contributed by atoms with E-state index in [-0.39, 0.29) is 17.2 Å². The number of anilines is 1. The van der Waals surface area contributed by atoms with Crippen molar-refractivity contribution < 1.29 is 22.4 Å². The Hall–Kier alpha value is -2.32. The molecule has 3 rings (SSSR count). The van der Waals surface area contributed by atoms with Gasteiger partial charge in [0.1, 0.15) is 16.4 Å². The number of piperidine rings is 1. The van der Waals surface area contributed by atoms with Gasteiger partial charge in [-0.1, -0.05) is 6.42 Å². The molecule has 0 saturated carbocycles. The maximum Gasteiger partial charge on any atom is 0.246 e. The van der Waals surface area contributed by atoms with Crippen molar-refractivity contribution in [3.63, 3.8) is 0 Å². The average molecular weight is 407 g/mol. The minimum Gasteiger partial charge on any atom is -0.492 e. The number of nitrogens with one attached hydrogen (secondary N) is 1. The summed E-state index contributed by atoms with van der Waals surface area (Å²) < 4.78 is 38.5. The molecule has 0 atom stereocenters. The lowest BCUT2D eigenvalue weighted by molar-refractivity contribution is -0.116. The SMILES string of the molecule is CCOc1ccc(NC(=O)CCc2ccco2)cc1S(=O)(=O)N1CCCCC1. The summed E-state index contributed by atoms with van der Waals surface area (Å²) >= 11 is 0. The second kappa shape index (κ2) is 9.25. The Kier molecular flexibility index (Phi) is 6.74. The second-order valence-electron chi connectivity index (χ2n) is 6.69. The van der Waals surface area contributed by atoms with Crippen LogP contribution in [0.15, 0.2) is 45.9 Å². The van der Waals surface area contributed by atoms with Crippen molar-refractivity contribution in [3.05, 3.63) is 42.4 Å². The number of sulfonamides is 1. The Morgan fingerprint density at radius 3 is 2.68 bits per heavy atom. The molecule has 1 N–H and O–H groups in total. The highest BCUT2D eigenvalue weighted by Gasteiger charge is 2.29. The number of ether oxygens (including phenoxy) is 1. The van der Waals surface area contributed by atoms with Crippen LogP contribution in [0.25, 0.3) is 0 Å². The summed E-state index contributed by atoms with van der Waals surface area (Å²) in [5, 5.41) is 2.77. The minimum atomic E-state index is -3.68. The topological polar surface area (TPSA) is 88.8 Å². The molecule has 1 aromatic heterocycles. The van der Waals surface area contributed by atoms with E-state index < -0.39 is 10.0 Å². The third-order valence-electron chi connectivity index (χ3n) is 4.64. The zero-order valence-corrected chi connectivity index (χ0v) is 16.8. The summed E-state index contributed by atoms with van der Waals surface area (Å²) in [5.74, 6) is 0.832. The van der Waals surface area contributed by atoms with E-state index >= 15 is 0 Å². The van der Waals surface area contributed by atoms with Gasteiger partial charge < -0.3 is 14.5 Å². The fraction of sp³-hybridized carbons (Fsp3) is 0.450. The van der Waals surface area contributed by atoms with E-state index in [4.69, 9.17) is 9.15 Å². The Morgan fingerprint density at radius 1 is 1.21 bits per heavy atom. The monoisotopic (exact) mass is 406 g/mol. The van der Waals surface area contributed by atoms with E-state index in [2.05, 4.69) is 5.32 Å². The number of benzene rings is 1. The van der Waals surface area contributed by atoms with Gasteiger partial charge in [0.25, 0.3) is 0 Å². The van der Waals surface area contributed by atoms with Crippen LogP contribution in [-0.2, 0) is 21.2 Å². The Labute approximate surface area is 165 Å². The standard InChI is InChI=1S/C20H26N2O5S/c1-2-26-18-10-8-16(21-20(23)11-9-17-7-6-14-27-17)15-19(18)28(24,25)22-12-4-3-5-13-22/h6-8,10,14-15H,2-5,9,11-13H2,1H3,(H,21,23). The molecule has 1 aliphatic rings. The first kappa shape index (κ1) is 20.4. The quantitative estimate of drug-likeness (QED) is 0.726. The van der Waals surface area contributed by atoms with Gasteiger partial charge in [-0.05, 0) is 50.1 Å². The Morgan fingerprint density at radius 2 is 2.00 bits per heavy atom. The van der Waals surface area contributed by atoms with Gasteiger partial charge in [0.05, 0.1) is 12.9 Å². The molecule has 7 nitrogen and oxygen atoms in total. The number of carbonyl (C=O) groups is 1. The number of rotatable bonds is 8. The zero-order valence-electron chi connectivity index (χ0n) is 16.0. The van der Waals surface area contributed by atoms with Crippen molar-refractivity contribution in [2.24, 2.45) is 0 Å². The van der Waals surface area contributed by atoms with Gasteiger partial charge in [-0.25, -0.2) is 8.42 Å². The van der Waals surface area contributed by atoms with Gasteiger partial charge >= 0.3 is 0 Å². The third-order valence-corrected chi connectivity index (χ3v) is 6.56. The number of carbonyl (C=O) groups excluding carboxylic acids is 1. The molecule has 0 radical (unpaired) electrons. The molecule has 1 fully saturated rings. The molecule has 0 spiro atoms. The van der Waals surface area contributed by atoms with Crippen LogP contribution in [-0.4, -0.2) is 38.3 Å². The summed E-state index contributed by atoms with van der Waals surface area (Å²) in [6, 6.07) is 8.33. The van der Waals surface area contributed by atoms with Crippen molar-refractivity contribution in [1.29, 1.82) is 0 Å². The molecule has 0 unspecified atom stereocenters.